The third-order valence-electron chi connectivity index (χ3n) is 4.04. The Labute approximate surface area is 150 Å². The van der Waals surface area contributed by atoms with Gasteiger partial charge in [0.15, 0.2) is 0 Å². The average Bonchev–Trinajstić information content (AvgIpc) is 3.07. The summed E-state index contributed by atoms with van der Waals surface area (Å²) in [5.41, 5.74) is 2.16. The van der Waals surface area contributed by atoms with Crippen molar-refractivity contribution < 1.29 is 18.3 Å². The number of rotatable bonds is 5. The van der Waals surface area contributed by atoms with E-state index in [2.05, 4.69) is 9.71 Å². The SMILES string of the molecule is CC(=O)N1CCCc2ccc(S(=O)(=O)NCc3nc(CO)cs3)cc21. The lowest BCUT2D eigenvalue weighted by atomic mass is 10.0. The molecule has 25 heavy (non-hydrogen) atoms. The summed E-state index contributed by atoms with van der Waals surface area (Å²) in [7, 11) is -3.72. The molecular weight excluding hydrogens is 362 g/mol. The van der Waals surface area contributed by atoms with Crippen LogP contribution in [-0.2, 0) is 34.4 Å². The number of fused-ring (bicyclic) bond motifs is 1. The van der Waals surface area contributed by atoms with E-state index in [0.717, 1.165) is 18.4 Å². The lowest BCUT2D eigenvalue weighted by Crippen LogP contribution is -2.34. The van der Waals surface area contributed by atoms with Crippen LogP contribution in [0.1, 0.15) is 29.6 Å². The van der Waals surface area contributed by atoms with E-state index in [1.807, 2.05) is 0 Å². The molecule has 0 fully saturated rings. The molecular formula is C16H19N3O4S2. The molecule has 1 aliphatic heterocycles. The molecule has 2 N–H and O–H groups in total. The number of hydrogen-bond donors (Lipinski definition) is 2. The standard InChI is InChI=1S/C16H19N3O4S2/c1-11(21)19-6-2-3-12-4-5-14(7-15(12)19)25(22,23)17-8-16-18-13(9-20)10-24-16/h4-5,7,10,17,20H,2-3,6,8-9H2,1H3. The second-order valence-electron chi connectivity index (χ2n) is 5.78. The maximum absolute atomic E-state index is 12.6. The van der Waals surface area contributed by atoms with Crippen LogP contribution in [0.4, 0.5) is 5.69 Å². The number of benzene rings is 1. The highest BCUT2D eigenvalue weighted by Gasteiger charge is 2.23. The van der Waals surface area contributed by atoms with E-state index in [1.54, 1.807) is 28.5 Å². The van der Waals surface area contributed by atoms with E-state index in [1.165, 1.54) is 18.3 Å². The zero-order valence-corrected chi connectivity index (χ0v) is 15.4. The van der Waals surface area contributed by atoms with Crippen LogP contribution in [0.15, 0.2) is 28.5 Å². The fourth-order valence-corrected chi connectivity index (χ4v) is 4.61. The Morgan fingerprint density at radius 3 is 2.92 bits per heavy atom. The molecule has 0 saturated carbocycles. The maximum atomic E-state index is 12.6. The second kappa shape index (κ2) is 7.20. The third-order valence-corrected chi connectivity index (χ3v) is 6.34. The summed E-state index contributed by atoms with van der Waals surface area (Å²) < 4.78 is 27.6. The van der Waals surface area contributed by atoms with Gasteiger partial charge in [-0.25, -0.2) is 18.1 Å². The van der Waals surface area contributed by atoms with E-state index in [-0.39, 0.29) is 24.0 Å². The number of carbonyl (C=O) groups excluding carboxylic acids is 1. The summed E-state index contributed by atoms with van der Waals surface area (Å²) in [5.74, 6) is -0.0947. The number of nitrogens with zero attached hydrogens (tertiary/aromatic N) is 2. The Balaban J connectivity index is 1.82. The molecule has 7 nitrogen and oxygen atoms in total. The number of thiazole rings is 1. The van der Waals surface area contributed by atoms with Crippen LogP contribution in [0.3, 0.4) is 0 Å². The van der Waals surface area contributed by atoms with Crippen LogP contribution in [0, 0.1) is 0 Å². The second-order valence-corrected chi connectivity index (χ2v) is 8.49. The molecule has 0 spiro atoms. The van der Waals surface area contributed by atoms with Crippen molar-refractivity contribution >= 4 is 33.0 Å². The van der Waals surface area contributed by atoms with Gasteiger partial charge in [0, 0.05) is 24.5 Å². The molecule has 0 unspecified atom stereocenters. The molecule has 9 heteroatoms. The number of sulfonamides is 1. The number of nitrogens with one attached hydrogen (secondary N) is 1. The topological polar surface area (TPSA) is 99.6 Å². The highest BCUT2D eigenvalue weighted by Crippen LogP contribution is 2.30. The highest BCUT2D eigenvalue weighted by molar-refractivity contribution is 7.89. The summed E-state index contributed by atoms with van der Waals surface area (Å²) in [6.45, 7) is 1.97. The Morgan fingerprint density at radius 1 is 1.44 bits per heavy atom. The summed E-state index contributed by atoms with van der Waals surface area (Å²) in [6, 6.07) is 4.89. The van der Waals surface area contributed by atoms with Crippen LogP contribution < -0.4 is 9.62 Å². The number of aryl methyl sites for hydroxylation is 1. The number of aromatic nitrogens is 1. The molecule has 1 aromatic heterocycles. The number of aliphatic hydroxyl groups excluding tert-OH is 1. The zero-order valence-electron chi connectivity index (χ0n) is 13.7. The normalized spacial score (nSPS) is 14.4. The van der Waals surface area contributed by atoms with Crippen LogP contribution in [0.5, 0.6) is 0 Å². The smallest absolute Gasteiger partial charge is 0.241 e. The van der Waals surface area contributed by atoms with Crippen molar-refractivity contribution in [2.24, 2.45) is 0 Å². The Kier molecular flexibility index (Phi) is 5.19. The fraction of sp³-hybridized carbons (Fsp3) is 0.375. The van der Waals surface area contributed by atoms with Gasteiger partial charge < -0.3 is 10.0 Å². The summed E-state index contributed by atoms with van der Waals surface area (Å²) in [6.07, 6.45) is 1.70. The monoisotopic (exact) mass is 381 g/mol. The van der Waals surface area contributed by atoms with Gasteiger partial charge in [0.1, 0.15) is 5.01 Å². The van der Waals surface area contributed by atoms with Crippen molar-refractivity contribution in [3.05, 3.63) is 39.8 Å². The Morgan fingerprint density at radius 2 is 2.24 bits per heavy atom. The largest absolute Gasteiger partial charge is 0.390 e. The number of carbonyl (C=O) groups is 1. The molecule has 0 bridgehead atoms. The van der Waals surface area contributed by atoms with Crippen LogP contribution in [0.2, 0.25) is 0 Å². The van der Waals surface area contributed by atoms with Gasteiger partial charge in [-0.3, -0.25) is 4.79 Å². The first-order valence-electron chi connectivity index (χ1n) is 7.85. The van der Waals surface area contributed by atoms with E-state index < -0.39 is 10.0 Å². The summed E-state index contributed by atoms with van der Waals surface area (Å²) >= 11 is 1.29. The maximum Gasteiger partial charge on any atom is 0.241 e. The van der Waals surface area contributed by atoms with Gasteiger partial charge in [-0.1, -0.05) is 6.07 Å². The minimum atomic E-state index is -3.72. The van der Waals surface area contributed by atoms with Gasteiger partial charge in [0.05, 0.1) is 23.7 Å². The van der Waals surface area contributed by atoms with Gasteiger partial charge in [0.2, 0.25) is 15.9 Å². The van der Waals surface area contributed by atoms with Crippen molar-refractivity contribution in [2.75, 3.05) is 11.4 Å². The summed E-state index contributed by atoms with van der Waals surface area (Å²) in [5, 5.41) is 11.3. The van der Waals surface area contributed by atoms with Crippen molar-refractivity contribution in [3.63, 3.8) is 0 Å². The zero-order chi connectivity index (χ0) is 18.0. The first-order valence-corrected chi connectivity index (χ1v) is 10.2. The fourth-order valence-electron chi connectivity index (χ4n) is 2.79. The minimum Gasteiger partial charge on any atom is -0.390 e. The molecule has 0 atom stereocenters. The molecule has 134 valence electrons. The van der Waals surface area contributed by atoms with Crippen molar-refractivity contribution in [1.82, 2.24) is 9.71 Å². The van der Waals surface area contributed by atoms with Crippen molar-refractivity contribution in [3.8, 4) is 0 Å². The number of aliphatic hydroxyl groups is 1. The van der Waals surface area contributed by atoms with Crippen LogP contribution >= 0.6 is 11.3 Å². The molecule has 2 heterocycles. The van der Waals surface area contributed by atoms with E-state index in [4.69, 9.17) is 5.11 Å². The number of amides is 1. The van der Waals surface area contributed by atoms with Gasteiger partial charge in [-0.15, -0.1) is 11.3 Å². The average molecular weight is 381 g/mol. The highest BCUT2D eigenvalue weighted by atomic mass is 32.2. The van der Waals surface area contributed by atoms with Gasteiger partial charge in [-0.2, -0.15) is 0 Å². The van der Waals surface area contributed by atoms with E-state index in [9.17, 15) is 13.2 Å². The minimum absolute atomic E-state index is 0.0561. The van der Waals surface area contributed by atoms with E-state index >= 15 is 0 Å². The Hall–Kier alpha value is -1.81. The molecule has 0 radical (unpaired) electrons. The molecule has 1 amide bonds. The molecule has 0 saturated heterocycles. The molecule has 3 rings (SSSR count). The predicted octanol–water partition coefficient (Wildman–Crippen LogP) is 1.41. The van der Waals surface area contributed by atoms with Gasteiger partial charge in [-0.05, 0) is 30.5 Å². The molecule has 2 aromatic rings. The number of anilines is 1. The van der Waals surface area contributed by atoms with Crippen LogP contribution in [-0.4, -0.2) is 31.0 Å². The van der Waals surface area contributed by atoms with Gasteiger partial charge >= 0.3 is 0 Å². The lowest BCUT2D eigenvalue weighted by molar-refractivity contribution is -0.116. The number of hydrogen-bond acceptors (Lipinski definition) is 6. The van der Waals surface area contributed by atoms with E-state index in [0.29, 0.717) is 22.9 Å². The lowest BCUT2D eigenvalue weighted by Gasteiger charge is -2.29. The molecule has 0 aliphatic carbocycles. The third kappa shape index (κ3) is 3.90. The molecule has 1 aromatic carbocycles. The predicted molar refractivity (Wildman–Crippen MR) is 94.9 cm³/mol. The first kappa shape index (κ1) is 18.0. The van der Waals surface area contributed by atoms with Crippen molar-refractivity contribution in [1.29, 1.82) is 0 Å². The van der Waals surface area contributed by atoms with Gasteiger partial charge in [0.25, 0.3) is 0 Å². The first-order chi connectivity index (χ1) is 11.9. The van der Waals surface area contributed by atoms with Crippen molar-refractivity contribution in [2.45, 2.75) is 37.8 Å². The molecule has 1 aliphatic rings. The quantitative estimate of drug-likeness (QED) is 0.816. The van der Waals surface area contributed by atoms with Crippen LogP contribution in [0.25, 0.3) is 0 Å². The Bertz CT molecular complexity index is 893. The summed E-state index contributed by atoms with van der Waals surface area (Å²) in [4.78, 5) is 17.7.